The van der Waals surface area contributed by atoms with Crippen molar-refractivity contribution in [2.45, 2.75) is 12.7 Å². The van der Waals surface area contributed by atoms with Gasteiger partial charge in [-0.2, -0.15) is 13.2 Å². The van der Waals surface area contributed by atoms with Crippen molar-refractivity contribution in [3.63, 3.8) is 0 Å². The molecule has 0 saturated carbocycles. The first-order chi connectivity index (χ1) is 10.9. The molecule has 1 amide bonds. The fourth-order valence-electron chi connectivity index (χ4n) is 2.01. The molecule has 0 fully saturated rings. The molecule has 0 bridgehead atoms. The second kappa shape index (κ2) is 5.67. The number of rotatable bonds is 3. The first-order valence-corrected chi connectivity index (χ1v) is 6.56. The van der Waals surface area contributed by atoms with E-state index in [9.17, 15) is 18.0 Å². The Hall–Kier alpha value is -2.97. The lowest BCUT2D eigenvalue weighted by Gasteiger charge is -2.09. The molecule has 3 rings (SSSR count). The highest BCUT2D eigenvalue weighted by Crippen LogP contribution is 2.28. The molecule has 118 valence electrons. The van der Waals surface area contributed by atoms with Crippen LogP contribution in [0.25, 0.3) is 11.0 Å². The number of aromatic nitrogens is 4. The van der Waals surface area contributed by atoms with Crippen molar-refractivity contribution in [2.24, 2.45) is 0 Å². The summed E-state index contributed by atoms with van der Waals surface area (Å²) in [5.41, 5.74) is 0.207. The number of para-hydroxylation sites is 1. The summed E-state index contributed by atoms with van der Waals surface area (Å²) in [5.74, 6) is -0.721. The van der Waals surface area contributed by atoms with Crippen molar-refractivity contribution in [2.75, 3.05) is 5.32 Å². The fourth-order valence-corrected chi connectivity index (χ4v) is 2.01. The molecule has 0 unspecified atom stereocenters. The average Bonchev–Trinajstić information content (AvgIpc) is 2.90. The van der Waals surface area contributed by atoms with Gasteiger partial charge >= 0.3 is 6.18 Å². The van der Waals surface area contributed by atoms with Crippen LogP contribution in [0.5, 0.6) is 0 Å². The second-order valence-electron chi connectivity index (χ2n) is 4.69. The molecule has 6 nitrogen and oxygen atoms in total. The van der Waals surface area contributed by atoms with E-state index in [-0.39, 0.29) is 12.4 Å². The van der Waals surface area contributed by atoms with Crippen LogP contribution in [0.4, 0.5) is 19.0 Å². The Morgan fingerprint density at radius 3 is 2.70 bits per heavy atom. The molecular formula is C14H10F3N5O. The van der Waals surface area contributed by atoms with Crippen molar-refractivity contribution in [3.05, 3.63) is 48.2 Å². The predicted octanol–water partition coefficient (Wildman–Crippen LogP) is 2.48. The van der Waals surface area contributed by atoms with E-state index in [0.717, 1.165) is 6.07 Å². The zero-order valence-electron chi connectivity index (χ0n) is 11.6. The van der Waals surface area contributed by atoms with Gasteiger partial charge in [-0.05, 0) is 24.3 Å². The molecule has 2 heterocycles. The Bertz CT molecular complexity index is 859. The summed E-state index contributed by atoms with van der Waals surface area (Å²) in [6, 6.07) is 10.3. The maximum absolute atomic E-state index is 12.6. The number of halogens is 3. The summed E-state index contributed by atoms with van der Waals surface area (Å²) in [6.07, 6.45) is -4.57. The zero-order valence-corrected chi connectivity index (χ0v) is 11.6. The normalized spacial score (nSPS) is 11.6. The van der Waals surface area contributed by atoms with Gasteiger partial charge in [0, 0.05) is 0 Å². The predicted molar refractivity (Wildman–Crippen MR) is 75.4 cm³/mol. The third kappa shape index (κ3) is 3.28. The van der Waals surface area contributed by atoms with E-state index >= 15 is 0 Å². The Kier molecular flexibility index (Phi) is 3.68. The number of nitrogens with zero attached hydrogens (tertiary/aromatic N) is 4. The zero-order chi connectivity index (χ0) is 16.4. The van der Waals surface area contributed by atoms with Crippen LogP contribution in [0.1, 0.15) is 5.69 Å². The minimum absolute atomic E-state index is 0.172. The number of hydrogen-bond donors (Lipinski definition) is 1. The van der Waals surface area contributed by atoms with Gasteiger partial charge in [-0.1, -0.05) is 23.4 Å². The van der Waals surface area contributed by atoms with Crippen LogP contribution in [0, 0.1) is 0 Å². The lowest BCUT2D eigenvalue weighted by atomic mass is 10.3. The quantitative estimate of drug-likeness (QED) is 0.804. The lowest BCUT2D eigenvalue weighted by Crippen LogP contribution is -2.21. The molecule has 3 aromatic rings. The van der Waals surface area contributed by atoms with E-state index in [1.165, 1.54) is 16.8 Å². The van der Waals surface area contributed by atoms with Gasteiger partial charge in [-0.25, -0.2) is 9.67 Å². The molecule has 0 aliphatic heterocycles. The summed E-state index contributed by atoms with van der Waals surface area (Å²) in [5, 5.41) is 10.1. The van der Waals surface area contributed by atoms with E-state index in [1.807, 2.05) is 0 Å². The van der Waals surface area contributed by atoms with Gasteiger partial charge in [0.05, 0.1) is 5.52 Å². The number of carbonyl (C=O) groups is 1. The van der Waals surface area contributed by atoms with Gasteiger partial charge < -0.3 is 5.32 Å². The Balaban J connectivity index is 1.75. The van der Waals surface area contributed by atoms with Crippen LogP contribution in [0.15, 0.2) is 42.5 Å². The smallest absolute Gasteiger partial charge is 0.309 e. The SMILES string of the molecule is O=C(Cn1nnc2ccccc21)Nc1cccc(C(F)(F)F)n1. The number of pyridine rings is 1. The number of amides is 1. The third-order valence-electron chi connectivity index (χ3n) is 3.02. The van der Waals surface area contributed by atoms with Gasteiger partial charge in [-0.15, -0.1) is 5.10 Å². The van der Waals surface area contributed by atoms with E-state index in [0.29, 0.717) is 11.0 Å². The fraction of sp³-hybridized carbons (Fsp3) is 0.143. The minimum Gasteiger partial charge on any atom is -0.309 e. The van der Waals surface area contributed by atoms with Gasteiger partial charge in [-0.3, -0.25) is 4.79 Å². The largest absolute Gasteiger partial charge is 0.433 e. The number of nitrogens with one attached hydrogen (secondary N) is 1. The Morgan fingerprint density at radius 1 is 1.13 bits per heavy atom. The van der Waals surface area contributed by atoms with Crippen LogP contribution in [0.3, 0.4) is 0 Å². The van der Waals surface area contributed by atoms with Crippen molar-refractivity contribution in [1.82, 2.24) is 20.0 Å². The first-order valence-electron chi connectivity index (χ1n) is 6.56. The van der Waals surface area contributed by atoms with E-state index in [4.69, 9.17) is 0 Å². The standard InChI is InChI=1S/C14H10F3N5O/c15-14(16,17)11-6-3-7-12(18-11)19-13(23)8-22-10-5-2-1-4-9(10)20-21-22/h1-7H,8H2,(H,18,19,23). The van der Waals surface area contributed by atoms with Crippen LogP contribution in [-0.2, 0) is 17.5 Å². The number of fused-ring (bicyclic) bond motifs is 1. The molecule has 0 aliphatic carbocycles. The summed E-state index contributed by atoms with van der Waals surface area (Å²) < 4.78 is 39.1. The highest BCUT2D eigenvalue weighted by molar-refractivity contribution is 5.90. The maximum atomic E-state index is 12.6. The summed E-state index contributed by atoms with van der Waals surface area (Å²) in [7, 11) is 0. The highest BCUT2D eigenvalue weighted by Gasteiger charge is 2.32. The number of anilines is 1. The van der Waals surface area contributed by atoms with Crippen molar-refractivity contribution in [1.29, 1.82) is 0 Å². The molecular weight excluding hydrogens is 311 g/mol. The van der Waals surface area contributed by atoms with Crippen LogP contribution in [0.2, 0.25) is 0 Å². The van der Waals surface area contributed by atoms with Crippen molar-refractivity contribution in [3.8, 4) is 0 Å². The lowest BCUT2D eigenvalue weighted by molar-refractivity contribution is -0.141. The molecule has 0 radical (unpaired) electrons. The molecule has 1 aromatic carbocycles. The van der Waals surface area contributed by atoms with Crippen LogP contribution in [-0.4, -0.2) is 25.9 Å². The van der Waals surface area contributed by atoms with Gasteiger partial charge in [0.15, 0.2) is 0 Å². The third-order valence-corrected chi connectivity index (χ3v) is 3.02. The summed E-state index contributed by atoms with van der Waals surface area (Å²) >= 11 is 0. The van der Waals surface area contributed by atoms with E-state index in [1.54, 1.807) is 24.3 Å². The summed E-state index contributed by atoms with van der Waals surface area (Å²) in [4.78, 5) is 15.3. The topological polar surface area (TPSA) is 72.7 Å². The number of hydrogen-bond acceptors (Lipinski definition) is 4. The second-order valence-corrected chi connectivity index (χ2v) is 4.69. The van der Waals surface area contributed by atoms with Gasteiger partial charge in [0.2, 0.25) is 5.91 Å². The monoisotopic (exact) mass is 321 g/mol. The highest BCUT2D eigenvalue weighted by atomic mass is 19.4. The Labute approximate surface area is 127 Å². The van der Waals surface area contributed by atoms with E-state index < -0.39 is 17.8 Å². The van der Waals surface area contributed by atoms with Crippen molar-refractivity contribution >= 4 is 22.8 Å². The van der Waals surface area contributed by atoms with Gasteiger partial charge in [0.25, 0.3) is 0 Å². The molecule has 0 atom stereocenters. The first kappa shape index (κ1) is 14.9. The number of carbonyl (C=O) groups excluding carboxylic acids is 1. The van der Waals surface area contributed by atoms with E-state index in [2.05, 4.69) is 20.6 Å². The van der Waals surface area contributed by atoms with Crippen molar-refractivity contribution < 1.29 is 18.0 Å². The molecule has 23 heavy (non-hydrogen) atoms. The van der Waals surface area contributed by atoms with Crippen LogP contribution >= 0.6 is 0 Å². The maximum Gasteiger partial charge on any atom is 0.433 e. The molecule has 0 aliphatic rings. The number of benzene rings is 1. The summed E-state index contributed by atoms with van der Waals surface area (Å²) in [6.45, 7) is -0.182. The molecule has 9 heteroatoms. The van der Waals surface area contributed by atoms with Crippen LogP contribution < -0.4 is 5.32 Å². The van der Waals surface area contributed by atoms with Gasteiger partial charge in [0.1, 0.15) is 23.6 Å². The molecule has 0 saturated heterocycles. The molecule has 1 N–H and O–H groups in total. The minimum atomic E-state index is -4.57. The Morgan fingerprint density at radius 2 is 1.91 bits per heavy atom. The molecule has 2 aromatic heterocycles. The molecule has 0 spiro atoms. The number of alkyl halides is 3. The average molecular weight is 321 g/mol.